The second-order valence-electron chi connectivity index (χ2n) is 7.85. The van der Waals surface area contributed by atoms with Gasteiger partial charge >= 0.3 is 17.9 Å². The van der Waals surface area contributed by atoms with E-state index in [2.05, 4.69) is 0 Å². The molecule has 7 heteroatoms. The molecule has 0 saturated heterocycles. The summed E-state index contributed by atoms with van der Waals surface area (Å²) in [6, 6.07) is 0. The smallest absolute Gasteiger partial charge is 0.336 e. The first-order valence-electron chi connectivity index (χ1n) is 10.4. The van der Waals surface area contributed by atoms with Gasteiger partial charge in [-0.05, 0) is 38.2 Å². The molecule has 2 atom stereocenters. The lowest BCUT2D eigenvalue weighted by molar-refractivity contribution is -0.144. The number of aliphatic hydroxyl groups is 1. The molecule has 1 rings (SSSR count). The Hall–Kier alpha value is -2.67. The molecule has 0 saturated carbocycles. The quantitative estimate of drug-likeness (QED) is 0.533. The van der Waals surface area contributed by atoms with Crippen molar-refractivity contribution in [1.82, 2.24) is 0 Å². The normalized spacial score (nSPS) is 27.7. The molecule has 1 aliphatic carbocycles. The lowest BCUT2D eigenvalue weighted by atomic mass is 9.92. The van der Waals surface area contributed by atoms with Gasteiger partial charge in [0.1, 0.15) is 6.10 Å². The molecule has 7 nitrogen and oxygen atoms in total. The summed E-state index contributed by atoms with van der Waals surface area (Å²) in [5.74, 6) is -1.45. The van der Waals surface area contributed by atoms with Gasteiger partial charge in [-0.15, -0.1) is 0 Å². The Morgan fingerprint density at radius 3 is 2.26 bits per heavy atom. The Bertz CT molecular complexity index is 784. The second-order valence-corrected chi connectivity index (χ2v) is 7.85. The van der Waals surface area contributed by atoms with E-state index in [4.69, 9.17) is 14.2 Å². The van der Waals surface area contributed by atoms with Crippen molar-refractivity contribution in [2.75, 3.05) is 14.2 Å². The number of methoxy groups -OCH3 is 2. The summed E-state index contributed by atoms with van der Waals surface area (Å²) in [6.07, 6.45) is 6.55. The zero-order valence-corrected chi connectivity index (χ0v) is 19.3. The van der Waals surface area contributed by atoms with Crippen LogP contribution in [-0.2, 0) is 28.6 Å². The highest BCUT2D eigenvalue weighted by molar-refractivity contribution is 5.90. The van der Waals surface area contributed by atoms with Crippen LogP contribution in [0.5, 0.6) is 0 Å². The fraction of sp³-hybridized carbons (Fsp3) is 0.542. The van der Waals surface area contributed by atoms with Gasteiger partial charge in [0.05, 0.1) is 25.9 Å². The molecule has 0 fully saturated rings. The van der Waals surface area contributed by atoms with Crippen LogP contribution in [0.25, 0.3) is 0 Å². The fourth-order valence-corrected chi connectivity index (χ4v) is 3.28. The number of rotatable bonds is 4. The summed E-state index contributed by atoms with van der Waals surface area (Å²) in [4.78, 5) is 36.1. The van der Waals surface area contributed by atoms with Gasteiger partial charge in [0, 0.05) is 18.9 Å². The fourth-order valence-electron chi connectivity index (χ4n) is 3.28. The molecule has 1 N–H and O–H groups in total. The first-order chi connectivity index (χ1) is 14.6. The molecule has 0 radical (unpaired) electrons. The zero-order valence-electron chi connectivity index (χ0n) is 19.3. The largest absolute Gasteiger partial charge is 0.466 e. The van der Waals surface area contributed by atoms with E-state index in [-0.39, 0.29) is 24.3 Å². The van der Waals surface area contributed by atoms with Crippen LogP contribution in [0.15, 0.2) is 46.6 Å². The first-order valence-corrected chi connectivity index (χ1v) is 10.4. The van der Waals surface area contributed by atoms with Crippen LogP contribution in [0.1, 0.15) is 53.4 Å². The van der Waals surface area contributed by atoms with Crippen LogP contribution >= 0.6 is 0 Å². The van der Waals surface area contributed by atoms with Crippen LogP contribution in [0.4, 0.5) is 0 Å². The minimum absolute atomic E-state index is 0.146. The molecule has 0 amide bonds. The molecule has 1 aliphatic rings. The van der Waals surface area contributed by atoms with E-state index in [0.717, 1.165) is 11.1 Å². The predicted octanol–water partition coefficient (Wildman–Crippen LogP) is 3.58. The van der Waals surface area contributed by atoms with Gasteiger partial charge in [-0.2, -0.15) is 0 Å². The van der Waals surface area contributed by atoms with Crippen molar-refractivity contribution in [3.8, 4) is 0 Å². The molecule has 0 aromatic carbocycles. The maximum atomic E-state index is 12.3. The highest BCUT2D eigenvalue weighted by Crippen LogP contribution is 2.24. The molecule has 0 unspecified atom stereocenters. The van der Waals surface area contributed by atoms with Gasteiger partial charge < -0.3 is 19.3 Å². The molecule has 0 aromatic rings. The Kier molecular flexibility index (Phi) is 11.0. The number of allylic oxidation sites excluding steroid dienone is 3. The van der Waals surface area contributed by atoms with Crippen molar-refractivity contribution >= 4 is 17.9 Å². The molecule has 0 heterocycles. The van der Waals surface area contributed by atoms with Crippen LogP contribution in [0.2, 0.25) is 0 Å². The van der Waals surface area contributed by atoms with Gasteiger partial charge in [0.2, 0.25) is 0 Å². The average Bonchev–Trinajstić information content (AvgIpc) is 2.70. The summed E-state index contributed by atoms with van der Waals surface area (Å²) in [5.41, 5.74) is 2.37. The van der Waals surface area contributed by atoms with E-state index in [1.165, 1.54) is 21.1 Å². The summed E-state index contributed by atoms with van der Waals surface area (Å²) in [7, 11) is 2.54. The molecule has 0 spiro atoms. The highest BCUT2D eigenvalue weighted by Gasteiger charge is 2.22. The Balaban J connectivity index is 3.50. The molecule has 0 bridgehead atoms. The third-order valence-corrected chi connectivity index (χ3v) is 4.99. The SMILES string of the molecule is COC(=O)/C1=C\[C@H](OC(C)=O)C/C(C)=C/C=C(/C(C)C)C[C@@H](O)/C(C(=O)OC)=C/CC1. The standard InChI is InChI=1S/C24H34O7/c1-15(2)18-11-10-16(3)12-20(31-17(4)25)13-19(23(27)29-5)8-7-9-21(22(26)14-18)24(28)30-6/h9-11,13,15,20,22,26H,7-8,12,14H2,1-6H3/b16-10+,18-11+,19-13-,21-9-/t20-,22-/m1/s1. The summed E-state index contributed by atoms with van der Waals surface area (Å²) in [6.45, 7) is 7.25. The number of ether oxygens (including phenoxy) is 3. The van der Waals surface area contributed by atoms with Gasteiger partial charge in [0.15, 0.2) is 0 Å². The van der Waals surface area contributed by atoms with Crippen LogP contribution in [0.3, 0.4) is 0 Å². The van der Waals surface area contributed by atoms with E-state index >= 15 is 0 Å². The van der Waals surface area contributed by atoms with E-state index in [1.807, 2.05) is 32.9 Å². The van der Waals surface area contributed by atoms with E-state index in [1.54, 1.807) is 12.2 Å². The lowest BCUT2D eigenvalue weighted by Crippen LogP contribution is -2.21. The van der Waals surface area contributed by atoms with Gasteiger partial charge in [-0.3, -0.25) is 4.79 Å². The van der Waals surface area contributed by atoms with Crippen molar-refractivity contribution in [1.29, 1.82) is 0 Å². The highest BCUT2D eigenvalue weighted by atomic mass is 16.5. The van der Waals surface area contributed by atoms with E-state index in [0.29, 0.717) is 18.4 Å². The molecular weight excluding hydrogens is 400 g/mol. The second kappa shape index (κ2) is 12.9. The first kappa shape index (κ1) is 26.4. The topological polar surface area (TPSA) is 99.1 Å². The average molecular weight is 435 g/mol. The number of aliphatic hydroxyl groups excluding tert-OH is 1. The number of carbonyl (C=O) groups is 3. The molecule has 0 aromatic heterocycles. The van der Waals surface area contributed by atoms with Gasteiger partial charge in [-0.25, -0.2) is 9.59 Å². The minimum atomic E-state index is -1.03. The Labute approximate surface area is 184 Å². The van der Waals surface area contributed by atoms with Crippen molar-refractivity contribution in [2.45, 2.75) is 65.6 Å². The van der Waals surface area contributed by atoms with Crippen LogP contribution in [0, 0.1) is 5.92 Å². The third kappa shape index (κ3) is 8.92. The molecular formula is C24H34O7. The van der Waals surface area contributed by atoms with Gasteiger partial charge in [-0.1, -0.05) is 43.2 Å². The van der Waals surface area contributed by atoms with Crippen LogP contribution in [-0.4, -0.2) is 49.4 Å². The van der Waals surface area contributed by atoms with Crippen molar-refractivity contribution in [3.05, 3.63) is 46.6 Å². The summed E-state index contributed by atoms with van der Waals surface area (Å²) >= 11 is 0. The summed E-state index contributed by atoms with van der Waals surface area (Å²) < 4.78 is 15.1. The van der Waals surface area contributed by atoms with E-state index < -0.39 is 30.1 Å². The Morgan fingerprint density at radius 2 is 1.71 bits per heavy atom. The predicted molar refractivity (Wildman–Crippen MR) is 117 cm³/mol. The lowest BCUT2D eigenvalue weighted by Gasteiger charge is -2.19. The number of hydrogen-bond acceptors (Lipinski definition) is 7. The van der Waals surface area contributed by atoms with E-state index in [9.17, 15) is 19.5 Å². The van der Waals surface area contributed by atoms with Crippen molar-refractivity contribution in [2.24, 2.45) is 5.92 Å². The number of hydrogen-bond donors (Lipinski definition) is 1. The molecule has 172 valence electrons. The molecule has 31 heavy (non-hydrogen) atoms. The Morgan fingerprint density at radius 1 is 1.06 bits per heavy atom. The summed E-state index contributed by atoms with van der Waals surface area (Å²) in [5, 5.41) is 10.7. The monoisotopic (exact) mass is 434 g/mol. The minimum Gasteiger partial charge on any atom is -0.466 e. The van der Waals surface area contributed by atoms with Crippen molar-refractivity contribution < 1.29 is 33.7 Å². The molecule has 0 aliphatic heterocycles. The zero-order chi connectivity index (χ0) is 23.6. The van der Waals surface area contributed by atoms with Gasteiger partial charge in [0.25, 0.3) is 0 Å². The van der Waals surface area contributed by atoms with Crippen molar-refractivity contribution in [3.63, 3.8) is 0 Å². The maximum Gasteiger partial charge on any atom is 0.336 e. The third-order valence-electron chi connectivity index (χ3n) is 4.99. The number of esters is 3. The number of carbonyl (C=O) groups excluding carboxylic acids is 3. The maximum absolute atomic E-state index is 12.3. The van der Waals surface area contributed by atoms with Crippen LogP contribution < -0.4 is 0 Å².